The van der Waals surface area contributed by atoms with Crippen molar-refractivity contribution in [2.75, 3.05) is 5.75 Å². The van der Waals surface area contributed by atoms with E-state index in [4.69, 9.17) is 5.41 Å². The van der Waals surface area contributed by atoms with Crippen LogP contribution >= 0.6 is 11.9 Å². The molecule has 1 amide bonds. The number of aryl methyl sites for hydroxylation is 2. The van der Waals surface area contributed by atoms with Crippen molar-refractivity contribution in [3.05, 3.63) is 58.4 Å². The SMILES string of the molecule is CCS(=O)(=O)C1=NSC2=NC(=O)/C(=C\c3cc(C)n(-c4ccc(C)cc4)c3C)C(=N)N21. The van der Waals surface area contributed by atoms with Gasteiger partial charge in [0.25, 0.3) is 5.91 Å². The van der Waals surface area contributed by atoms with Crippen molar-refractivity contribution in [3.63, 3.8) is 0 Å². The number of fused-ring (bicyclic) bond motifs is 1. The van der Waals surface area contributed by atoms with Gasteiger partial charge in [0.2, 0.25) is 20.2 Å². The zero-order chi connectivity index (χ0) is 22.5. The van der Waals surface area contributed by atoms with Crippen LogP contribution in [0.1, 0.15) is 29.4 Å². The molecule has 0 saturated heterocycles. The van der Waals surface area contributed by atoms with Crippen LogP contribution in [0.4, 0.5) is 0 Å². The first-order valence-corrected chi connectivity index (χ1v) is 12.0. The minimum Gasteiger partial charge on any atom is -0.318 e. The first-order chi connectivity index (χ1) is 14.6. The van der Waals surface area contributed by atoms with Crippen LogP contribution in [-0.2, 0) is 14.6 Å². The molecule has 0 bridgehead atoms. The molecular weight excluding hydrogens is 434 g/mol. The average molecular weight is 456 g/mol. The number of hydrogen-bond donors (Lipinski definition) is 1. The minimum absolute atomic E-state index is 0.0226. The zero-order valence-electron chi connectivity index (χ0n) is 17.5. The van der Waals surface area contributed by atoms with Crippen LogP contribution in [0.2, 0.25) is 0 Å². The smallest absolute Gasteiger partial charge is 0.283 e. The van der Waals surface area contributed by atoms with E-state index in [1.807, 2.05) is 51.1 Å². The fourth-order valence-corrected chi connectivity index (χ4v) is 5.47. The van der Waals surface area contributed by atoms with Gasteiger partial charge in [-0.05, 0) is 50.6 Å². The van der Waals surface area contributed by atoms with Gasteiger partial charge in [0, 0.05) is 17.1 Å². The molecule has 1 aromatic heterocycles. The van der Waals surface area contributed by atoms with E-state index >= 15 is 0 Å². The second-order valence-electron chi connectivity index (χ2n) is 7.31. The third-order valence-corrected chi connectivity index (χ3v) is 7.62. The number of aliphatic imine (C=N–C) groups is 1. The van der Waals surface area contributed by atoms with Gasteiger partial charge >= 0.3 is 0 Å². The van der Waals surface area contributed by atoms with E-state index in [0.29, 0.717) is 0 Å². The maximum atomic E-state index is 12.6. The summed E-state index contributed by atoms with van der Waals surface area (Å²) in [5.74, 6) is -0.987. The summed E-state index contributed by atoms with van der Waals surface area (Å²) in [6.45, 7) is 7.43. The Kier molecular flexibility index (Phi) is 5.22. The summed E-state index contributed by atoms with van der Waals surface area (Å²) >= 11 is 0.792. The molecule has 4 rings (SSSR count). The van der Waals surface area contributed by atoms with E-state index < -0.39 is 15.7 Å². The Hall–Kier alpha value is -2.98. The van der Waals surface area contributed by atoms with Gasteiger partial charge in [-0.15, -0.1) is 0 Å². The van der Waals surface area contributed by atoms with Gasteiger partial charge in [0.05, 0.1) is 23.3 Å². The van der Waals surface area contributed by atoms with Crippen LogP contribution in [0.15, 0.2) is 45.3 Å². The number of amidine groups is 3. The van der Waals surface area contributed by atoms with Gasteiger partial charge in [0.15, 0.2) is 0 Å². The maximum absolute atomic E-state index is 12.6. The highest BCUT2D eigenvalue weighted by Gasteiger charge is 2.42. The molecule has 1 aromatic carbocycles. The molecule has 8 nitrogen and oxygen atoms in total. The van der Waals surface area contributed by atoms with Gasteiger partial charge < -0.3 is 4.57 Å². The summed E-state index contributed by atoms with van der Waals surface area (Å²) in [7, 11) is -3.67. The number of amides is 1. The second kappa shape index (κ2) is 7.61. The fourth-order valence-electron chi connectivity index (χ4n) is 3.51. The molecule has 10 heteroatoms. The Morgan fingerprint density at radius 1 is 1.16 bits per heavy atom. The third kappa shape index (κ3) is 3.55. The number of sulfone groups is 1. The molecule has 2 aliphatic rings. The zero-order valence-corrected chi connectivity index (χ0v) is 19.1. The van der Waals surface area contributed by atoms with E-state index in [2.05, 4.69) is 14.0 Å². The van der Waals surface area contributed by atoms with E-state index in [9.17, 15) is 13.2 Å². The summed E-state index contributed by atoms with van der Waals surface area (Å²) in [6.07, 6.45) is 1.59. The number of nitrogens with zero attached hydrogens (tertiary/aromatic N) is 4. The first-order valence-electron chi connectivity index (χ1n) is 9.61. The van der Waals surface area contributed by atoms with Crippen molar-refractivity contribution in [2.45, 2.75) is 27.7 Å². The van der Waals surface area contributed by atoms with Gasteiger partial charge in [-0.3, -0.25) is 10.2 Å². The van der Waals surface area contributed by atoms with Crippen LogP contribution in [-0.4, -0.2) is 45.7 Å². The number of carbonyl (C=O) groups is 1. The fraction of sp³-hybridized carbons (Fsp3) is 0.238. The van der Waals surface area contributed by atoms with Crippen LogP contribution in [0, 0.1) is 26.2 Å². The van der Waals surface area contributed by atoms with Crippen molar-refractivity contribution in [3.8, 4) is 5.69 Å². The largest absolute Gasteiger partial charge is 0.318 e. The number of benzene rings is 1. The quantitative estimate of drug-likeness (QED) is 0.564. The van der Waals surface area contributed by atoms with Crippen molar-refractivity contribution in [1.82, 2.24) is 9.47 Å². The molecule has 1 N–H and O–H groups in total. The van der Waals surface area contributed by atoms with Crippen LogP contribution in [0.25, 0.3) is 11.8 Å². The molecule has 0 saturated carbocycles. The van der Waals surface area contributed by atoms with Gasteiger partial charge in [-0.2, -0.15) is 9.39 Å². The number of hydrogen-bond acceptors (Lipinski definition) is 6. The number of carbonyl (C=O) groups excluding carboxylic acids is 1. The van der Waals surface area contributed by atoms with Crippen molar-refractivity contribution in [2.24, 2.45) is 9.39 Å². The normalized spacial score (nSPS) is 17.8. The molecule has 3 heterocycles. The summed E-state index contributed by atoms with van der Waals surface area (Å²) in [6, 6.07) is 10.0. The summed E-state index contributed by atoms with van der Waals surface area (Å²) in [4.78, 5) is 17.7. The van der Waals surface area contributed by atoms with E-state index in [1.165, 1.54) is 6.92 Å². The highest BCUT2D eigenvalue weighted by molar-refractivity contribution is 8.16. The third-order valence-electron chi connectivity index (χ3n) is 5.21. The van der Waals surface area contributed by atoms with Gasteiger partial charge in [-0.25, -0.2) is 13.3 Å². The molecule has 0 unspecified atom stereocenters. The van der Waals surface area contributed by atoms with Crippen molar-refractivity contribution < 1.29 is 13.2 Å². The number of nitrogens with one attached hydrogen (secondary N) is 1. The molecule has 0 atom stereocenters. The Labute approximate surface area is 185 Å². The van der Waals surface area contributed by atoms with E-state index in [1.54, 1.807) is 6.08 Å². The lowest BCUT2D eigenvalue weighted by Crippen LogP contribution is -2.45. The topological polar surface area (TPSA) is 108 Å². The molecular formula is C21H21N5O3S2. The predicted octanol–water partition coefficient (Wildman–Crippen LogP) is 3.41. The van der Waals surface area contributed by atoms with Crippen LogP contribution in [0.3, 0.4) is 0 Å². The maximum Gasteiger partial charge on any atom is 0.283 e. The highest BCUT2D eigenvalue weighted by atomic mass is 32.2. The van der Waals surface area contributed by atoms with Crippen LogP contribution < -0.4 is 0 Å². The Balaban J connectivity index is 1.77. The second-order valence-corrected chi connectivity index (χ2v) is 10.2. The predicted molar refractivity (Wildman–Crippen MR) is 124 cm³/mol. The first kappa shape index (κ1) is 21.3. The molecule has 0 fully saturated rings. The summed E-state index contributed by atoms with van der Waals surface area (Å²) in [5.41, 5.74) is 4.80. The number of rotatable bonds is 3. The van der Waals surface area contributed by atoms with Crippen molar-refractivity contribution in [1.29, 1.82) is 5.41 Å². The standard InChI is InChI=1S/C21H21N5O3S2/c1-5-31(28,29)21-24-30-20-23-19(27)17(18(22)26(20)21)11-15-10-13(3)25(14(15)4)16-8-6-12(2)7-9-16/h6-11,22H,5H2,1-4H3/b17-11-,22-18?. The molecule has 160 valence electrons. The Bertz CT molecular complexity index is 1320. The Morgan fingerprint density at radius 3 is 2.48 bits per heavy atom. The monoisotopic (exact) mass is 455 g/mol. The van der Waals surface area contributed by atoms with E-state index in [-0.39, 0.29) is 27.5 Å². The van der Waals surface area contributed by atoms with Crippen molar-refractivity contribution >= 4 is 49.9 Å². The number of aromatic nitrogens is 1. The lowest BCUT2D eigenvalue weighted by atomic mass is 10.1. The van der Waals surface area contributed by atoms with Crippen LogP contribution in [0.5, 0.6) is 0 Å². The minimum atomic E-state index is -3.67. The molecule has 31 heavy (non-hydrogen) atoms. The summed E-state index contributed by atoms with van der Waals surface area (Å²) < 4.78 is 30.8. The Morgan fingerprint density at radius 2 is 1.84 bits per heavy atom. The van der Waals surface area contributed by atoms with E-state index in [0.717, 1.165) is 45.0 Å². The highest BCUT2D eigenvalue weighted by Crippen LogP contribution is 2.31. The van der Waals surface area contributed by atoms with Gasteiger partial charge in [0.1, 0.15) is 5.84 Å². The molecule has 2 aliphatic heterocycles. The molecule has 0 spiro atoms. The molecule has 0 aliphatic carbocycles. The van der Waals surface area contributed by atoms with Gasteiger partial charge in [-0.1, -0.05) is 24.6 Å². The lowest BCUT2D eigenvalue weighted by Gasteiger charge is -2.24. The molecule has 2 aromatic rings. The summed E-state index contributed by atoms with van der Waals surface area (Å²) in [5, 5.41) is 8.38. The molecule has 0 radical (unpaired) electrons. The average Bonchev–Trinajstić information content (AvgIpc) is 3.27. The lowest BCUT2D eigenvalue weighted by molar-refractivity contribution is -0.114.